The Morgan fingerprint density at radius 2 is 0.774 bits per heavy atom. The van der Waals surface area contributed by atoms with Crippen LogP contribution in [0.25, 0.3) is 97.0 Å². The van der Waals surface area contributed by atoms with E-state index in [9.17, 15) is 0 Å². The van der Waals surface area contributed by atoms with Gasteiger partial charge in [-0.25, -0.2) is 0 Å². The zero-order valence-corrected chi connectivity index (χ0v) is 34.7. The number of rotatable bonds is 7. The summed E-state index contributed by atoms with van der Waals surface area (Å²) in [4.78, 5) is 2.50. The van der Waals surface area contributed by atoms with Crippen LogP contribution in [0.3, 0.4) is 0 Å². The summed E-state index contributed by atoms with van der Waals surface area (Å²) in [6.07, 6.45) is 0. The lowest BCUT2D eigenvalue weighted by Gasteiger charge is -2.31. The molecular weight excluding hydrogens is 767 g/mol. The second-order valence-electron chi connectivity index (χ2n) is 16.0. The zero-order chi connectivity index (χ0) is 41.0. The second-order valence-corrected chi connectivity index (χ2v) is 17.1. The number of hydrogen-bond acceptors (Lipinski definition) is 2. The molecule has 1 nitrogen and oxygen atoms in total. The molecule has 0 aliphatic heterocycles. The average Bonchev–Trinajstić information content (AvgIpc) is 3.74. The van der Waals surface area contributed by atoms with E-state index in [0.29, 0.717) is 0 Å². The summed E-state index contributed by atoms with van der Waals surface area (Å²) < 4.78 is 2.64. The lowest BCUT2D eigenvalue weighted by Crippen LogP contribution is -2.12. The Morgan fingerprint density at radius 1 is 0.290 bits per heavy atom. The van der Waals surface area contributed by atoms with Crippen molar-refractivity contribution in [1.29, 1.82) is 0 Å². The third kappa shape index (κ3) is 6.07. The Morgan fingerprint density at radius 3 is 1.52 bits per heavy atom. The highest BCUT2D eigenvalue weighted by Crippen LogP contribution is 2.51. The van der Waals surface area contributed by atoms with Gasteiger partial charge in [0.25, 0.3) is 0 Å². The topological polar surface area (TPSA) is 3.24 Å². The van der Waals surface area contributed by atoms with Gasteiger partial charge < -0.3 is 4.90 Å². The first-order chi connectivity index (χ1) is 30.8. The van der Waals surface area contributed by atoms with Crippen LogP contribution in [-0.4, -0.2) is 0 Å². The number of nitrogens with zero attached hydrogens (tertiary/aromatic N) is 1. The third-order valence-corrected chi connectivity index (χ3v) is 13.7. The SMILES string of the molecule is c1ccc(-c2cccc(-c3ccc(N(c4ccc(-c5cccc6c5sc5ccccc56)cc4)c4c(-c5cccc6ccccc56)c5ccccc5c5ccccc45)cc3)c2)cc1. The molecule has 0 radical (unpaired) electrons. The first kappa shape index (κ1) is 36.1. The summed E-state index contributed by atoms with van der Waals surface area (Å²) in [6.45, 7) is 0. The molecule has 0 amide bonds. The van der Waals surface area contributed by atoms with Crippen molar-refractivity contribution >= 4 is 80.9 Å². The summed E-state index contributed by atoms with van der Waals surface area (Å²) in [5.74, 6) is 0. The van der Waals surface area contributed by atoms with Crippen molar-refractivity contribution in [1.82, 2.24) is 0 Å². The van der Waals surface area contributed by atoms with Crippen LogP contribution in [0.4, 0.5) is 17.1 Å². The maximum Gasteiger partial charge on any atom is 0.0625 e. The Kier molecular flexibility index (Phi) is 8.76. The highest BCUT2D eigenvalue weighted by atomic mass is 32.1. The Balaban J connectivity index is 1.09. The van der Waals surface area contributed by atoms with E-state index in [2.05, 4.69) is 241 Å². The van der Waals surface area contributed by atoms with Crippen molar-refractivity contribution in [2.24, 2.45) is 0 Å². The van der Waals surface area contributed by atoms with Crippen LogP contribution in [0.1, 0.15) is 0 Å². The van der Waals surface area contributed by atoms with Gasteiger partial charge in [0, 0.05) is 42.5 Å². The molecule has 0 bridgehead atoms. The van der Waals surface area contributed by atoms with Crippen molar-refractivity contribution in [3.63, 3.8) is 0 Å². The molecule has 0 spiro atoms. The van der Waals surface area contributed by atoms with E-state index < -0.39 is 0 Å². The van der Waals surface area contributed by atoms with Crippen LogP contribution in [0.5, 0.6) is 0 Å². The molecule has 11 aromatic carbocycles. The van der Waals surface area contributed by atoms with Crippen LogP contribution < -0.4 is 4.90 Å². The molecule has 62 heavy (non-hydrogen) atoms. The monoisotopic (exact) mass is 805 g/mol. The van der Waals surface area contributed by atoms with Crippen LogP contribution in [0.15, 0.2) is 237 Å². The van der Waals surface area contributed by atoms with E-state index in [0.717, 1.165) is 17.1 Å². The van der Waals surface area contributed by atoms with Gasteiger partial charge >= 0.3 is 0 Å². The van der Waals surface area contributed by atoms with Gasteiger partial charge in [-0.05, 0) is 102 Å². The van der Waals surface area contributed by atoms with E-state index in [4.69, 9.17) is 0 Å². The average molecular weight is 806 g/mol. The number of benzene rings is 11. The van der Waals surface area contributed by atoms with E-state index in [1.54, 1.807) is 0 Å². The maximum absolute atomic E-state index is 2.50. The van der Waals surface area contributed by atoms with Crippen molar-refractivity contribution in [3.05, 3.63) is 237 Å². The first-order valence-electron chi connectivity index (χ1n) is 21.3. The van der Waals surface area contributed by atoms with Crippen molar-refractivity contribution < 1.29 is 0 Å². The first-order valence-corrected chi connectivity index (χ1v) is 22.1. The van der Waals surface area contributed by atoms with Crippen LogP contribution >= 0.6 is 11.3 Å². The molecule has 290 valence electrons. The lowest BCUT2D eigenvalue weighted by atomic mass is 9.88. The van der Waals surface area contributed by atoms with Crippen LogP contribution in [-0.2, 0) is 0 Å². The van der Waals surface area contributed by atoms with Gasteiger partial charge in [0.05, 0.1) is 5.69 Å². The van der Waals surface area contributed by atoms with Gasteiger partial charge in [0.15, 0.2) is 0 Å². The molecule has 0 atom stereocenters. The minimum Gasteiger partial charge on any atom is -0.309 e. The fraction of sp³-hybridized carbons (Fsp3) is 0. The number of thiophene rings is 1. The molecule has 0 N–H and O–H groups in total. The van der Waals surface area contributed by atoms with Gasteiger partial charge in [0.1, 0.15) is 0 Å². The van der Waals surface area contributed by atoms with Gasteiger partial charge in [-0.15, -0.1) is 11.3 Å². The van der Waals surface area contributed by atoms with E-state index in [-0.39, 0.29) is 0 Å². The normalized spacial score (nSPS) is 11.5. The largest absolute Gasteiger partial charge is 0.309 e. The van der Waals surface area contributed by atoms with Gasteiger partial charge in [-0.1, -0.05) is 200 Å². The molecular formula is C60H39NS. The quantitative estimate of drug-likeness (QED) is 0.145. The summed E-state index contributed by atoms with van der Waals surface area (Å²) in [5.41, 5.74) is 13.0. The molecule has 12 aromatic rings. The Labute approximate surface area is 365 Å². The number of fused-ring (bicyclic) bond motifs is 7. The summed E-state index contributed by atoms with van der Waals surface area (Å²) in [6, 6.07) is 86.8. The molecule has 1 aromatic heterocycles. The highest BCUT2D eigenvalue weighted by molar-refractivity contribution is 7.26. The standard InChI is InChI=1S/C60H39NS/c1-2-15-40(16-3-1)44-19-12-20-45(39-44)41-31-35-46(36-32-41)61(47-37-33-43(34-38-47)49-27-14-29-56-52-24-10-11-30-57(52)62-60(49)56)59-55-26-9-7-23-51(55)50-22-6-8-25-54(50)58(59)53-28-13-18-42-17-4-5-21-48(42)53/h1-39H. The fourth-order valence-electron chi connectivity index (χ4n) is 9.55. The third-order valence-electron chi connectivity index (χ3n) is 12.5. The fourth-order valence-corrected chi connectivity index (χ4v) is 10.8. The van der Waals surface area contributed by atoms with Gasteiger partial charge in [0.2, 0.25) is 0 Å². The Bertz CT molecular complexity index is 3610. The number of anilines is 3. The predicted molar refractivity (Wildman–Crippen MR) is 268 cm³/mol. The molecule has 0 aliphatic rings. The Hall–Kier alpha value is -7.78. The van der Waals surface area contributed by atoms with Gasteiger partial charge in [-0.2, -0.15) is 0 Å². The van der Waals surface area contributed by atoms with Crippen molar-refractivity contribution in [3.8, 4) is 44.5 Å². The molecule has 0 saturated carbocycles. The summed E-state index contributed by atoms with van der Waals surface area (Å²) in [7, 11) is 0. The van der Waals surface area contributed by atoms with Crippen LogP contribution in [0.2, 0.25) is 0 Å². The molecule has 2 heteroatoms. The zero-order valence-electron chi connectivity index (χ0n) is 33.9. The second kappa shape index (κ2) is 15.0. The van der Waals surface area contributed by atoms with E-state index >= 15 is 0 Å². The maximum atomic E-state index is 2.50. The highest BCUT2D eigenvalue weighted by Gasteiger charge is 2.25. The molecule has 12 rings (SSSR count). The lowest BCUT2D eigenvalue weighted by molar-refractivity contribution is 1.30. The minimum atomic E-state index is 1.09. The van der Waals surface area contributed by atoms with E-state index in [1.807, 2.05) is 11.3 Å². The predicted octanol–water partition coefficient (Wildman–Crippen LogP) is 17.7. The molecule has 1 heterocycles. The minimum absolute atomic E-state index is 1.09. The molecule has 0 unspecified atom stereocenters. The summed E-state index contributed by atoms with van der Waals surface area (Å²) >= 11 is 1.88. The molecule has 0 aliphatic carbocycles. The van der Waals surface area contributed by atoms with Crippen molar-refractivity contribution in [2.75, 3.05) is 4.90 Å². The smallest absolute Gasteiger partial charge is 0.0625 e. The summed E-state index contributed by atoms with van der Waals surface area (Å²) in [5, 5.41) is 9.99. The molecule has 0 saturated heterocycles. The van der Waals surface area contributed by atoms with E-state index in [1.165, 1.54) is 97.0 Å². The number of hydrogen-bond donors (Lipinski definition) is 0. The van der Waals surface area contributed by atoms with Crippen LogP contribution in [0, 0.1) is 0 Å². The van der Waals surface area contributed by atoms with Crippen molar-refractivity contribution in [2.45, 2.75) is 0 Å². The molecule has 0 fully saturated rings. The van der Waals surface area contributed by atoms with Gasteiger partial charge in [-0.3, -0.25) is 0 Å².